The van der Waals surface area contributed by atoms with Crippen molar-refractivity contribution in [2.24, 2.45) is 17.8 Å². The highest BCUT2D eigenvalue weighted by Crippen LogP contribution is 2.33. The van der Waals surface area contributed by atoms with Crippen molar-refractivity contribution in [3.05, 3.63) is 0 Å². The monoisotopic (exact) mass is 278 g/mol. The van der Waals surface area contributed by atoms with Crippen molar-refractivity contribution in [2.45, 2.75) is 70.9 Å². The molecule has 3 nitrogen and oxygen atoms in total. The molecule has 20 heavy (non-hydrogen) atoms. The minimum atomic E-state index is 0.433. The molecule has 0 radical (unpaired) electrons. The molecular formula is C17H30N2O. The Morgan fingerprint density at radius 2 is 1.85 bits per heavy atom. The Kier molecular flexibility index (Phi) is 4.34. The second kappa shape index (κ2) is 6.05. The lowest BCUT2D eigenvalue weighted by Crippen LogP contribution is -2.40. The Labute approximate surface area is 123 Å². The van der Waals surface area contributed by atoms with Gasteiger partial charge in [0.1, 0.15) is 0 Å². The van der Waals surface area contributed by atoms with Gasteiger partial charge in [-0.3, -0.25) is 4.79 Å². The van der Waals surface area contributed by atoms with Crippen LogP contribution in [0.1, 0.15) is 58.8 Å². The summed E-state index contributed by atoms with van der Waals surface area (Å²) in [5.41, 5.74) is 0. The van der Waals surface area contributed by atoms with E-state index in [1.807, 2.05) is 0 Å². The smallest absolute Gasteiger partial charge is 0.222 e. The number of amides is 1. The quantitative estimate of drug-likeness (QED) is 0.857. The topological polar surface area (TPSA) is 32.3 Å². The van der Waals surface area contributed by atoms with E-state index in [1.54, 1.807) is 0 Å². The Bertz CT molecular complexity index is 343. The highest BCUT2D eigenvalue weighted by Gasteiger charge is 2.35. The first kappa shape index (κ1) is 14.4. The molecule has 3 aliphatic rings. The number of carbonyl (C=O) groups is 1. The summed E-state index contributed by atoms with van der Waals surface area (Å²) in [5.74, 6) is 2.59. The van der Waals surface area contributed by atoms with Gasteiger partial charge in [0.25, 0.3) is 0 Å². The molecule has 2 bridgehead atoms. The van der Waals surface area contributed by atoms with Gasteiger partial charge in [0.2, 0.25) is 5.91 Å². The lowest BCUT2D eigenvalue weighted by atomic mass is 9.89. The fourth-order valence-electron chi connectivity index (χ4n) is 4.64. The molecule has 1 N–H and O–H groups in total. The first-order valence-corrected chi connectivity index (χ1v) is 8.64. The van der Waals surface area contributed by atoms with Crippen molar-refractivity contribution in [1.29, 1.82) is 0 Å². The highest BCUT2D eigenvalue weighted by molar-refractivity contribution is 5.76. The van der Waals surface area contributed by atoms with Crippen molar-refractivity contribution in [3.63, 3.8) is 0 Å². The number of hydrogen-bond acceptors (Lipinski definition) is 2. The number of hydrogen-bond donors (Lipinski definition) is 1. The molecule has 114 valence electrons. The zero-order valence-electron chi connectivity index (χ0n) is 13.1. The molecule has 3 rings (SSSR count). The average Bonchev–Trinajstić information content (AvgIpc) is 2.96. The van der Waals surface area contributed by atoms with Crippen LogP contribution in [0.4, 0.5) is 0 Å². The average molecular weight is 278 g/mol. The largest absolute Gasteiger partial charge is 0.342 e. The molecule has 0 aliphatic carbocycles. The fraction of sp³-hybridized carbons (Fsp3) is 0.941. The van der Waals surface area contributed by atoms with Crippen LogP contribution in [0.2, 0.25) is 0 Å². The van der Waals surface area contributed by atoms with Crippen molar-refractivity contribution in [3.8, 4) is 0 Å². The zero-order valence-corrected chi connectivity index (χ0v) is 13.1. The number of fused-ring (bicyclic) bond motifs is 2. The Morgan fingerprint density at radius 3 is 2.50 bits per heavy atom. The molecule has 0 saturated carbocycles. The Balaban J connectivity index is 1.45. The summed E-state index contributed by atoms with van der Waals surface area (Å²) < 4.78 is 0. The van der Waals surface area contributed by atoms with Crippen LogP contribution in [-0.2, 0) is 4.79 Å². The van der Waals surface area contributed by atoms with Crippen molar-refractivity contribution in [1.82, 2.24) is 10.2 Å². The molecule has 0 aromatic heterocycles. The van der Waals surface area contributed by atoms with Crippen molar-refractivity contribution in [2.75, 3.05) is 13.1 Å². The minimum absolute atomic E-state index is 0.433. The summed E-state index contributed by atoms with van der Waals surface area (Å²) in [5, 5.41) is 3.67. The second-order valence-electron chi connectivity index (χ2n) is 7.80. The number of rotatable bonds is 4. The van der Waals surface area contributed by atoms with Crippen molar-refractivity contribution >= 4 is 5.91 Å². The normalized spacial score (nSPS) is 36.9. The zero-order chi connectivity index (χ0) is 14.1. The van der Waals surface area contributed by atoms with Gasteiger partial charge in [-0.05, 0) is 56.3 Å². The van der Waals surface area contributed by atoms with Crippen LogP contribution in [0.15, 0.2) is 0 Å². The molecule has 3 heterocycles. The first-order chi connectivity index (χ1) is 9.60. The first-order valence-electron chi connectivity index (χ1n) is 8.64. The van der Waals surface area contributed by atoms with E-state index in [2.05, 4.69) is 24.1 Å². The maximum absolute atomic E-state index is 12.5. The summed E-state index contributed by atoms with van der Waals surface area (Å²) in [4.78, 5) is 14.6. The number of carbonyl (C=O) groups excluding carboxylic acids is 1. The molecule has 0 spiro atoms. The molecule has 0 aromatic carbocycles. The van der Waals surface area contributed by atoms with Crippen molar-refractivity contribution < 1.29 is 4.79 Å². The highest BCUT2D eigenvalue weighted by atomic mass is 16.2. The predicted octanol–water partition coefficient (Wildman–Crippen LogP) is 2.80. The van der Waals surface area contributed by atoms with E-state index in [-0.39, 0.29) is 0 Å². The van der Waals surface area contributed by atoms with Crippen LogP contribution in [0.25, 0.3) is 0 Å². The maximum atomic E-state index is 12.5. The second-order valence-corrected chi connectivity index (χ2v) is 7.80. The van der Waals surface area contributed by atoms with E-state index in [0.29, 0.717) is 23.9 Å². The van der Waals surface area contributed by atoms with E-state index in [1.165, 1.54) is 38.5 Å². The molecule has 3 heteroatoms. The van der Waals surface area contributed by atoms with Gasteiger partial charge in [-0.15, -0.1) is 0 Å². The maximum Gasteiger partial charge on any atom is 0.222 e. The van der Waals surface area contributed by atoms with E-state index in [4.69, 9.17) is 0 Å². The summed E-state index contributed by atoms with van der Waals surface area (Å²) in [6.07, 6.45) is 8.42. The van der Waals surface area contributed by atoms with Crippen LogP contribution in [0.3, 0.4) is 0 Å². The molecule has 3 atom stereocenters. The van der Waals surface area contributed by atoms with E-state index >= 15 is 0 Å². The van der Waals surface area contributed by atoms with Gasteiger partial charge >= 0.3 is 0 Å². The van der Waals surface area contributed by atoms with Gasteiger partial charge in [-0.25, -0.2) is 0 Å². The van der Waals surface area contributed by atoms with E-state index in [0.717, 1.165) is 31.3 Å². The van der Waals surface area contributed by atoms with Gasteiger partial charge in [-0.2, -0.15) is 0 Å². The fourth-order valence-corrected chi connectivity index (χ4v) is 4.64. The lowest BCUT2D eigenvalue weighted by molar-refractivity contribution is -0.131. The molecule has 3 saturated heterocycles. The van der Waals surface area contributed by atoms with Gasteiger partial charge in [-0.1, -0.05) is 13.8 Å². The molecule has 3 unspecified atom stereocenters. The third-order valence-electron chi connectivity index (χ3n) is 5.48. The van der Waals surface area contributed by atoms with Gasteiger partial charge < -0.3 is 10.2 Å². The molecule has 3 fully saturated rings. The summed E-state index contributed by atoms with van der Waals surface area (Å²) >= 11 is 0. The van der Waals surface area contributed by atoms with Crippen LogP contribution < -0.4 is 5.32 Å². The van der Waals surface area contributed by atoms with Gasteiger partial charge in [0, 0.05) is 31.6 Å². The van der Waals surface area contributed by atoms with Gasteiger partial charge in [0.15, 0.2) is 0 Å². The Hall–Kier alpha value is -0.570. The van der Waals surface area contributed by atoms with Crippen LogP contribution in [0, 0.1) is 17.8 Å². The van der Waals surface area contributed by atoms with Crippen LogP contribution in [0.5, 0.6) is 0 Å². The van der Waals surface area contributed by atoms with Crippen LogP contribution in [-0.4, -0.2) is 36.0 Å². The molecule has 0 aromatic rings. The summed E-state index contributed by atoms with van der Waals surface area (Å²) in [6.45, 7) is 6.60. The number of nitrogens with zero attached hydrogens (tertiary/aromatic N) is 1. The summed E-state index contributed by atoms with van der Waals surface area (Å²) in [7, 11) is 0. The summed E-state index contributed by atoms with van der Waals surface area (Å²) in [6, 6.07) is 1.41. The minimum Gasteiger partial charge on any atom is -0.342 e. The Morgan fingerprint density at radius 1 is 1.15 bits per heavy atom. The standard InChI is InChI=1S/C17H30N2O/c1-12(2)7-13-5-6-19(11-13)17(20)10-14-8-15-3-4-16(9-14)18-15/h12-16,18H,3-11H2,1-2H3. The third kappa shape index (κ3) is 3.36. The molecule has 3 aliphatic heterocycles. The molecular weight excluding hydrogens is 248 g/mol. The lowest BCUT2D eigenvalue weighted by Gasteiger charge is -2.30. The van der Waals surface area contributed by atoms with E-state index in [9.17, 15) is 4.79 Å². The number of piperidine rings is 1. The number of nitrogens with one attached hydrogen (secondary N) is 1. The van der Waals surface area contributed by atoms with Crippen LogP contribution >= 0.6 is 0 Å². The third-order valence-corrected chi connectivity index (χ3v) is 5.48. The molecule has 1 amide bonds. The van der Waals surface area contributed by atoms with Gasteiger partial charge in [0.05, 0.1) is 0 Å². The number of likely N-dealkylation sites (tertiary alicyclic amines) is 1. The SMILES string of the molecule is CC(C)CC1CCN(C(=O)CC2CC3CCC(C2)N3)C1. The van der Waals surface area contributed by atoms with E-state index < -0.39 is 0 Å². The predicted molar refractivity (Wildman–Crippen MR) is 81.4 cm³/mol.